The van der Waals surface area contributed by atoms with Crippen LogP contribution in [-0.2, 0) is 17.6 Å². The lowest BCUT2D eigenvalue weighted by Crippen LogP contribution is -2.31. The van der Waals surface area contributed by atoms with E-state index in [1.54, 1.807) is 11.3 Å². The van der Waals surface area contributed by atoms with E-state index in [-0.39, 0.29) is 5.91 Å². The van der Waals surface area contributed by atoms with Crippen LogP contribution in [0.25, 0.3) is 0 Å². The highest BCUT2D eigenvalue weighted by Crippen LogP contribution is 2.11. The van der Waals surface area contributed by atoms with Crippen LogP contribution < -0.4 is 5.73 Å². The fourth-order valence-electron chi connectivity index (χ4n) is 1.51. The van der Waals surface area contributed by atoms with Gasteiger partial charge < -0.3 is 10.6 Å². The standard InChI is InChI=1S/C11H19N3OS/c1-3-14(4-2)11(15)7-9-8-16-10(13-9)5-6-12/h8H,3-7,12H2,1-2H3. The first-order valence-electron chi connectivity index (χ1n) is 5.62. The molecule has 0 aliphatic heterocycles. The normalized spacial score (nSPS) is 10.4. The van der Waals surface area contributed by atoms with Gasteiger partial charge in [-0.25, -0.2) is 4.98 Å². The van der Waals surface area contributed by atoms with Crippen molar-refractivity contribution in [2.24, 2.45) is 5.73 Å². The van der Waals surface area contributed by atoms with Gasteiger partial charge in [0.1, 0.15) is 0 Å². The molecule has 0 spiro atoms. The van der Waals surface area contributed by atoms with Crippen LogP contribution in [0, 0.1) is 0 Å². The van der Waals surface area contributed by atoms with Gasteiger partial charge >= 0.3 is 0 Å². The Kier molecular flexibility index (Phi) is 5.42. The minimum atomic E-state index is 0.148. The van der Waals surface area contributed by atoms with Gasteiger partial charge in [-0.3, -0.25) is 4.79 Å². The smallest absolute Gasteiger partial charge is 0.228 e. The molecule has 0 saturated carbocycles. The second-order valence-electron chi connectivity index (χ2n) is 3.51. The number of carbonyl (C=O) groups excluding carboxylic acids is 1. The Bertz CT molecular complexity index is 334. The van der Waals surface area contributed by atoms with Crippen molar-refractivity contribution in [1.82, 2.24) is 9.88 Å². The number of hydrogen-bond acceptors (Lipinski definition) is 4. The first-order chi connectivity index (χ1) is 7.71. The second kappa shape index (κ2) is 6.60. The fourth-order valence-corrected chi connectivity index (χ4v) is 2.33. The first-order valence-corrected chi connectivity index (χ1v) is 6.50. The highest BCUT2D eigenvalue weighted by atomic mass is 32.1. The molecule has 0 bridgehead atoms. The molecule has 2 N–H and O–H groups in total. The molecule has 90 valence electrons. The Morgan fingerprint density at radius 2 is 2.19 bits per heavy atom. The monoisotopic (exact) mass is 241 g/mol. The van der Waals surface area contributed by atoms with Gasteiger partial charge in [0.15, 0.2) is 0 Å². The number of carbonyl (C=O) groups is 1. The summed E-state index contributed by atoms with van der Waals surface area (Å²) >= 11 is 1.58. The molecule has 0 aliphatic rings. The maximum absolute atomic E-state index is 11.8. The number of nitrogens with two attached hydrogens (primary N) is 1. The number of nitrogens with zero attached hydrogens (tertiary/aromatic N) is 2. The molecule has 0 unspecified atom stereocenters. The lowest BCUT2D eigenvalue weighted by molar-refractivity contribution is -0.130. The van der Waals surface area contributed by atoms with Crippen molar-refractivity contribution in [3.8, 4) is 0 Å². The lowest BCUT2D eigenvalue weighted by Gasteiger charge is -2.17. The first kappa shape index (κ1) is 13.1. The van der Waals surface area contributed by atoms with Crippen LogP contribution in [0.5, 0.6) is 0 Å². The van der Waals surface area contributed by atoms with Crippen LogP contribution in [0.15, 0.2) is 5.38 Å². The molecule has 0 fully saturated rings. The Hall–Kier alpha value is -0.940. The van der Waals surface area contributed by atoms with Crippen molar-refractivity contribution in [3.63, 3.8) is 0 Å². The Morgan fingerprint density at radius 1 is 1.50 bits per heavy atom. The van der Waals surface area contributed by atoms with Gasteiger partial charge in [-0.1, -0.05) is 0 Å². The van der Waals surface area contributed by atoms with Gasteiger partial charge in [0, 0.05) is 24.9 Å². The summed E-state index contributed by atoms with van der Waals surface area (Å²) in [7, 11) is 0. The second-order valence-corrected chi connectivity index (χ2v) is 4.46. The van der Waals surface area contributed by atoms with Gasteiger partial charge in [0.2, 0.25) is 5.91 Å². The quantitative estimate of drug-likeness (QED) is 0.810. The van der Waals surface area contributed by atoms with E-state index in [9.17, 15) is 4.79 Å². The zero-order chi connectivity index (χ0) is 12.0. The van der Waals surface area contributed by atoms with Crippen molar-refractivity contribution in [2.75, 3.05) is 19.6 Å². The molecule has 5 heteroatoms. The minimum absolute atomic E-state index is 0.148. The molecule has 1 amide bonds. The van der Waals surface area contributed by atoms with Crippen LogP contribution in [0.1, 0.15) is 24.5 Å². The molecule has 0 aromatic carbocycles. The largest absolute Gasteiger partial charge is 0.343 e. The van der Waals surface area contributed by atoms with Crippen LogP contribution in [0.2, 0.25) is 0 Å². The van der Waals surface area contributed by atoms with E-state index in [0.717, 1.165) is 30.2 Å². The van der Waals surface area contributed by atoms with E-state index in [4.69, 9.17) is 5.73 Å². The van der Waals surface area contributed by atoms with E-state index >= 15 is 0 Å². The molecule has 16 heavy (non-hydrogen) atoms. The average Bonchev–Trinajstić information content (AvgIpc) is 2.68. The predicted molar refractivity (Wildman–Crippen MR) is 66.5 cm³/mol. The molecule has 4 nitrogen and oxygen atoms in total. The molecule has 0 atom stereocenters. The minimum Gasteiger partial charge on any atom is -0.343 e. The molecule has 1 heterocycles. The summed E-state index contributed by atoms with van der Waals surface area (Å²) in [6.07, 6.45) is 1.20. The number of thiazole rings is 1. The third kappa shape index (κ3) is 3.57. The maximum Gasteiger partial charge on any atom is 0.228 e. The summed E-state index contributed by atoms with van der Waals surface area (Å²) in [6, 6.07) is 0. The van der Waals surface area contributed by atoms with E-state index < -0.39 is 0 Å². The summed E-state index contributed by atoms with van der Waals surface area (Å²) in [5.41, 5.74) is 6.32. The van der Waals surface area contributed by atoms with Crippen LogP contribution in [-0.4, -0.2) is 35.4 Å². The summed E-state index contributed by atoms with van der Waals surface area (Å²) in [4.78, 5) is 18.0. The highest BCUT2D eigenvalue weighted by Gasteiger charge is 2.12. The number of hydrogen-bond donors (Lipinski definition) is 1. The zero-order valence-electron chi connectivity index (χ0n) is 9.90. The number of rotatable bonds is 6. The zero-order valence-corrected chi connectivity index (χ0v) is 10.7. The van der Waals surface area contributed by atoms with Crippen LogP contribution >= 0.6 is 11.3 Å². The summed E-state index contributed by atoms with van der Waals surface area (Å²) < 4.78 is 0. The van der Waals surface area contributed by atoms with Crippen LogP contribution in [0.3, 0.4) is 0 Å². The van der Waals surface area contributed by atoms with Crippen molar-refractivity contribution < 1.29 is 4.79 Å². The third-order valence-electron chi connectivity index (χ3n) is 2.41. The predicted octanol–water partition coefficient (Wildman–Crippen LogP) is 1.06. The van der Waals surface area contributed by atoms with E-state index in [0.29, 0.717) is 13.0 Å². The molecular weight excluding hydrogens is 222 g/mol. The average molecular weight is 241 g/mol. The summed E-state index contributed by atoms with van der Waals surface area (Å²) in [6.45, 7) is 6.10. The van der Waals surface area contributed by atoms with Crippen molar-refractivity contribution in [3.05, 3.63) is 16.1 Å². The fraction of sp³-hybridized carbons (Fsp3) is 0.636. The van der Waals surface area contributed by atoms with Crippen molar-refractivity contribution in [2.45, 2.75) is 26.7 Å². The Labute approximate surface area is 100 Å². The molecule has 0 aliphatic carbocycles. The lowest BCUT2D eigenvalue weighted by atomic mass is 10.3. The Balaban J connectivity index is 2.55. The van der Waals surface area contributed by atoms with Gasteiger partial charge in [0.05, 0.1) is 17.1 Å². The van der Waals surface area contributed by atoms with Crippen molar-refractivity contribution in [1.29, 1.82) is 0 Å². The molecular formula is C11H19N3OS. The highest BCUT2D eigenvalue weighted by molar-refractivity contribution is 7.09. The molecule has 1 rings (SSSR count). The third-order valence-corrected chi connectivity index (χ3v) is 3.36. The van der Waals surface area contributed by atoms with Gasteiger partial charge in [-0.2, -0.15) is 0 Å². The summed E-state index contributed by atoms with van der Waals surface area (Å²) in [5, 5.41) is 2.97. The molecule has 1 aromatic heterocycles. The summed E-state index contributed by atoms with van der Waals surface area (Å²) in [5.74, 6) is 0.148. The van der Waals surface area contributed by atoms with E-state index in [1.807, 2.05) is 24.1 Å². The number of amides is 1. The SMILES string of the molecule is CCN(CC)C(=O)Cc1csc(CCN)n1. The van der Waals surface area contributed by atoms with Crippen molar-refractivity contribution >= 4 is 17.2 Å². The van der Waals surface area contributed by atoms with E-state index in [2.05, 4.69) is 4.98 Å². The number of likely N-dealkylation sites (N-methyl/N-ethyl adjacent to an activating group) is 1. The molecule has 0 saturated heterocycles. The Morgan fingerprint density at radius 3 is 2.75 bits per heavy atom. The number of aromatic nitrogens is 1. The topological polar surface area (TPSA) is 59.2 Å². The van der Waals surface area contributed by atoms with Gasteiger partial charge in [0.25, 0.3) is 0 Å². The van der Waals surface area contributed by atoms with E-state index in [1.165, 1.54) is 0 Å². The molecule has 0 radical (unpaired) electrons. The molecule has 1 aromatic rings. The maximum atomic E-state index is 11.8. The van der Waals surface area contributed by atoms with Gasteiger partial charge in [-0.05, 0) is 20.4 Å². The van der Waals surface area contributed by atoms with Crippen LogP contribution in [0.4, 0.5) is 0 Å². The van der Waals surface area contributed by atoms with Gasteiger partial charge in [-0.15, -0.1) is 11.3 Å².